The van der Waals surface area contributed by atoms with Gasteiger partial charge in [-0.1, -0.05) is 0 Å². The van der Waals surface area contributed by atoms with Crippen LogP contribution in [0.4, 0.5) is 11.4 Å². The molecule has 5 heteroatoms. The summed E-state index contributed by atoms with van der Waals surface area (Å²) in [4.78, 5) is 10.1. The normalized spacial score (nSPS) is 12.2. The van der Waals surface area contributed by atoms with Crippen molar-refractivity contribution in [3.05, 3.63) is 33.9 Å². The number of hydrogen-bond acceptors (Lipinski definition) is 4. The fraction of sp³-hybridized carbons (Fsp3) is 0.333. The first-order valence-corrected chi connectivity index (χ1v) is 4.20. The highest BCUT2D eigenvalue weighted by atomic mass is 16.6. The van der Waals surface area contributed by atoms with Gasteiger partial charge in [-0.3, -0.25) is 10.1 Å². The van der Waals surface area contributed by atoms with Crippen molar-refractivity contribution in [2.45, 2.75) is 13.0 Å². The molecule has 0 aliphatic rings. The Labute approximate surface area is 81.5 Å². The lowest BCUT2D eigenvalue weighted by atomic mass is 10.1. The average molecular weight is 196 g/mol. The molecule has 1 aromatic carbocycles. The molecule has 0 heterocycles. The van der Waals surface area contributed by atoms with Gasteiger partial charge in [0.05, 0.1) is 11.0 Å². The van der Waals surface area contributed by atoms with Gasteiger partial charge in [0.25, 0.3) is 5.69 Å². The predicted octanol–water partition coefficient (Wildman–Crippen LogP) is 1.69. The number of aliphatic hydroxyl groups is 1. The Morgan fingerprint density at radius 1 is 1.57 bits per heavy atom. The maximum absolute atomic E-state index is 10.6. The quantitative estimate of drug-likeness (QED) is 0.569. The molecule has 5 nitrogen and oxygen atoms in total. The highest BCUT2D eigenvalue weighted by Crippen LogP contribution is 2.27. The van der Waals surface area contributed by atoms with E-state index in [0.717, 1.165) is 0 Å². The zero-order valence-electron chi connectivity index (χ0n) is 8.02. The van der Waals surface area contributed by atoms with Gasteiger partial charge in [0.2, 0.25) is 0 Å². The van der Waals surface area contributed by atoms with Gasteiger partial charge in [-0.25, -0.2) is 0 Å². The first-order valence-electron chi connectivity index (χ1n) is 4.20. The number of anilines is 1. The Balaban J connectivity index is 3.18. The van der Waals surface area contributed by atoms with Crippen LogP contribution in [0.25, 0.3) is 0 Å². The fourth-order valence-corrected chi connectivity index (χ4v) is 1.17. The molecule has 2 N–H and O–H groups in total. The van der Waals surface area contributed by atoms with E-state index in [4.69, 9.17) is 0 Å². The number of nitrogens with zero attached hydrogens (tertiary/aromatic N) is 1. The number of nitrogens with one attached hydrogen (secondary N) is 1. The van der Waals surface area contributed by atoms with E-state index in [1.54, 1.807) is 26.1 Å². The van der Waals surface area contributed by atoms with Crippen LogP contribution in [0.1, 0.15) is 18.6 Å². The molecule has 76 valence electrons. The number of aliphatic hydroxyl groups excluding tert-OH is 1. The molecule has 0 amide bonds. The molecule has 1 rings (SSSR count). The summed E-state index contributed by atoms with van der Waals surface area (Å²) < 4.78 is 0. The Kier molecular flexibility index (Phi) is 3.03. The highest BCUT2D eigenvalue weighted by Gasteiger charge is 2.13. The van der Waals surface area contributed by atoms with Gasteiger partial charge in [-0.05, 0) is 24.6 Å². The van der Waals surface area contributed by atoms with Gasteiger partial charge in [-0.2, -0.15) is 0 Å². The molecular formula is C9H12N2O3. The molecule has 0 spiro atoms. The second-order valence-corrected chi connectivity index (χ2v) is 2.96. The molecule has 0 aliphatic carbocycles. The molecule has 0 aliphatic heterocycles. The third-order valence-electron chi connectivity index (χ3n) is 1.97. The van der Waals surface area contributed by atoms with Crippen molar-refractivity contribution in [1.82, 2.24) is 0 Å². The number of rotatable bonds is 3. The van der Waals surface area contributed by atoms with Crippen molar-refractivity contribution >= 4 is 11.4 Å². The first kappa shape index (κ1) is 10.5. The number of hydrogen-bond donors (Lipinski definition) is 2. The standard InChI is InChI=1S/C9H12N2O3/c1-6(12)7-3-4-9(11(13)14)8(5-7)10-2/h3-6,10,12H,1-2H3. The minimum absolute atomic E-state index is 0.0110. The summed E-state index contributed by atoms with van der Waals surface area (Å²) in [5.41, 5.74) is 1.07. The molecule has 0 bridgehead atoms. The van der Waals surface area contributed by atoms with Crippen molar-refractivity contribution in [3.63, 3.8) is 0 Å². The first-order chi connectivity index (χ1) is 6.56. The minimum atomic E-state index is -0.622. The molecular weight excluding hydrogens is 184 g/mol. The van der Waals surface area contributed by atoms with Gasteiger partial charge in [-0.15, -0.1) is 0 Å². The topological polar surface area (TPSA) is 75.4 Å². The van der Waals surface area contributed by atoms with Crippen molar-refractivity contribution < 1.29 is 10.0 Å². The monoisotopic (exact) mass is 196 g/mol. The van der Waals surface area contributed by atoms with Crippen LogP contribution in [0.2, 0.25) is 0 Å². The average Bonchev–Trinajstić information content (AvgIpc) is 2.16. The van der Waals surface area contributed by atoms with E-state index in [0.29, 0.717) is 11.3 Å². The molecule has 1 atom stereocenters. The second kappa shape index (κ2) is 4.06. The molecule has 1 aromatic rings. The van der Waals surface area contributed by atoms with E-state index in [1.165, 1.54) is 6.07 Å². The number of benzene rings is 1. The maximum atomic E-state index is 10.6. The summed E-state index contributed by atoms with van der Waals surface area (Å²) in [5.74, 6) is 0. The van der Waals surface area contributed by atoms with Crippen LogP contribution in [0, 0.1) is 10.1 Å². The third kappa shape index (κ3) is 2.00. The van der Waals surface area contributed by atoms with Crippen molar-refractivity contribution in [1.29, 1.82) is 0 Å². The van der Waals surface area contributed by atoms with E-state index >= 15 is 0 Å². The lowest BCUT2D eigenvalue weighted by molar-refractivity contribution is -0.384. The highest BCUT2D eigenvalue weighted by molar-refractivity contribution is 5.62. The Hall–Kier alpha value is -1.62. The second-order valence-electron chi connectivity index (χ2n) is 2.96. The van der Waals surface area contributed by atoms with E-state index in [1.807, 2.05) is 0 Å². The van der Waals surface area contributed by atoms with Crippen molar-refractivity contribution in [2.24, 2.45) is 0 Å². The van der Waals surface area contributed by atoms with Gasteiger partial charge in [0.1, 0.15) is 5.69 Å². The van der Waals surface area contributed by atoms with Crippen molar-refractivity contribution in [3.8, 4) is 0 Å². The zero-order valence-corrected chi connectivity index (χ0v) is 8.02. The minimum Gasteiger partial charge on any atom is -0.389 e. The van der Waals surface area contributed by atoms with E-state index in [2.05, 4.69) is 5.32 Å². The Morgan fingerprint density at radius 2 is 2.21 bits per heavy atom. The van der Waals surface area contributed by atoms with Crippen LogP contribution >= 0.6 is 0 Å². The third-order valence-corrected chi connectivity index (χ3v) is 1.97. The molecule has 1 unspecified atom stereocenters. The molecule has 0 aromatic heterocycles. The van der Waals surface area contributed by atoms with Crippen LogP contribution in [0.15, 0.2) is 18.2 Å². The smallest absolute Gasteiger partial charge is 0.292 e. The summed E-state index contributed by atoms with van der Waals surface area (Å²) in [6.45, 7) is 1.61. The van der Waals surface area contributed by atoms with E-state index in [9.17, 15) is 15.2 Å². The van der Waals surface area contributed by atoms with Gasteiger partial charge in [0, 0.05) is 13.1 Å². The largest absolute Gasteiger partial charge is 0.389 e. The zero-order chi connectivity index (χ0) is 10.7. The molecule has 0 radical (unpaired) electrons. The summed E-state index contributed by atoms with van der Waals surface area (Å²) in [6, 6.07) is 4.50. The van der Waals surface area contributed by atoms with Gasteiger partial charge in [0.15, 0.2) is 0 Å². The molecule has 0 saturated heterocycles. The lowest BCUT2D eigenvalue weighted by Gasteiger charge is -2.07. The number of nitro benzene ring substituents is 1. The Morgan fingerprint density at radius 3 is 2.64 bits per heavy atom. The summed E-state index contributed by atoms with van der Waals surface area (Å²) in [7, 11) is 1.61. The summed E-state index contributed by atoms with van der Waals surface area (Å²) in [5, 5.41) is 22.6. The van der Waals surface area contributed by atoms with E-state index < -0.39 is 11.0 Å². The van der Waals surface area contributed by atoms with Gasteiger partial charge < -0.3 is 10.4 Å². The summed E-state index contributed by atoms with van der Waals surface area (Å²) >= 11 is 0. The van der Waals surface area contributed by atoms with E-state index in [-0.39, 0.29) is 5.69 Å². The van der Waals surface area contributed by atoms with Crippen LogP contribution in [0.5, 0.6) is 0 Å². The molecule has 0 saturated carbocycles. The van der Waals surface area contributed by atoms with Crippen LogP contribution in [-0.4, -0.2) is 17.1 Å². The maximum Gasteiger partial charge on any atom is 0.292 e. The van der Waals surface area contributed by atoms with Gasteiger partial charge >= 0.3 is 0 Å². The van der Waals surface area contributed by atoms with Crippen LogP contribution < -0.4 is 5.32 Å². The SMILES string of the molecule is CNc1cc(C(C)O)ccc1[N+](=O)[O-]. The lowest BCUT2D eigenvalue weighted by Crippen LogP contribution is -1.99. The fourth-order valence-electron chi connectivity index (χ4n) is 1.17. The van der Waals surface area contributed by atoms with Crippen LogP contribution in [0.3, 0.4) is 0 Å². The molecule has 14 heavy (non-hydrogen) atoms. The Bertz CT molecular complexity index is 350. The van der Waals surface area contributed by atoms with Crippen molar-refractivity contribution in [2.75, 3.05) is 12.4 Å². The summed E-state index contributed by atoms with van der Waals surface area (Å²) in [6.07, 6.45) is -0.622. The predicted molar refractivity (Wildman–Crippen MR) is 53.3 cm³/mol. The molecule has 0 fully saturated rings. The van der Waals surface area contributed by atoms with Crippen LogP contribution in [-0.2, 0) is 0 Å². The number of nitro groups is 1.